The van der Waals surface area contributed by atoms with Gasteiger partial charge in [-0.25, -0.2) is 0 Å². The molecule has 2 saturated carbocycles. The number of aliphatic hydroxyl groups is 6. The molecule has 4 heterocycles. The highest BCUT2D eigenvalue weighted by atomic mass is 16.7. The van der Waals surface area contributed by atoms with Crippen molar-refractivity contribution in [3.05, 3.63) is 29.6 Å². The lowest BCUT2D eigenvalue weighted by Crippen LogP contribution is -2.67. The summed E-state index contributed by atoms with van der Waals surface area (Å²) >= 11 is 0. The molecule has 20 heteroatoms. The molecule has 15 atom stereocenters. The molecule has 66 heavy (non-hydrogen) atoms. The Bertz CT molecular complexity index is 1740. The van der Waals surface area contributed by atoms with E-state index >= 15 is 0 Å². The van der Waals surface area contributed by atoms with Crippen LogP contribution in [0.2, 0.25) is 0 Å². The van der Waals surface area contributed by atoms with Gasteiger partial charge in [0, 0.05) is 58.0 Å². The van der Waals surface area contributed by atoms with Crippen LogP contribution < -0.4 is 16.0 Å². The summed E-state index contributed by atoms with van der Waals surface area (Å²) in [5.74, 6) is -2.34. The standard InChI is InChI=1S/C46H73N5O15/c1-4-29-20-30(42(59)48-13-14-49-43(60)31-18-28(12-8-17-52)22-47-23-31)21-32(40(29)66-46-39(58)38(57)36(55)25(2)62-46)64-45-35(50-26(3)54)41(37(56)34(24-53)65-45)63-33(44(61)51-15-9-16-51)19-27-10-6-5-7-11-27/h18,22-23,25,27,29-30,32-41,45-46,52-53,55-58H,4-17,19-21,24H2,1-3H3,(H,48,59)(H,49,60)(H,50,54)/t25?,29?,30-,32+,33-,34?,35?,36+,37-,38?,39?,40?,41?,45+,46-/m0/s1. The lowest BCUT2D eigenvalue weighted by molar-refractivity contribution is -0.338. The number of nitrogens with zero attached hydrogens (tertiary/aromatic N) is 2. The monoisotopic (exact) mass is 936 g/mol. The number of rotatable bonds is 20. The molecule has 6 rings (SSSR count). The molecular formula is C46H73N5O15. The molecule has 9 N–H and O–H groups in total. The molecule has 0 aromatic carbocycles. The summed E-state index contributed by atoms with van der Waals surface area (Å²) < 4.78 is 32.0. The van der Waals surface area contributed by atoms with Crippen molar-refractivity contribution in [2.45, 2.75) is 177 Å². The van der Waals surface area contributed by atoms with E-state index in [0.29, 0.717) is 50.8 Å². The van der Waals surface area contributed by atoms with Crippen LogP contribution in [0.5, 0.6) is 0 Å². The molecule has 8 unspecified atom stereocenters. The third-order valence-corrected chi connectivity index (χ3v) is 13.9. The normalized spacial score (nSPS) is 34.5. The van der Waals surface area contributed by atoms with Crippen molar-refractivity contribution in [2.24, 2.45) is 17.8 Å². The predicted octanol–water partition coefficient (Wildman–Crippen LogP) is -0.574. The fourth-order valence-corrected chi connectivity index (χ4v) is 9.96. The van der Waals surface area contributed by atoms with Gasteiger partial charge in [-0.1, -0.05) is 45.4 Å². The molecule has 0 spiro atoms. The first kappa shape index (κ1) is 52.0. The molecule has 3 saturated heterocycles. The Morgan fingerprint density at radius 2 is 1.62 bits per heavy atom. The third kappa shape index (κ3) is 13.2. The van der Waals surface area contributed by atoms with Crippen LogP contribution in [0.15, 0.2) is 18.5 Å². The van der Waals surface area contributed by atoms with Gasteiger partial charge in [-0.05, 0) is 68.9 Å². The van der Waals surface area contributed by atoms with Gasteiger partial charge in [0.1, 0.15) is 48.8 Å². The summed E-state index contributed by atoms with van der Waals surface area (Å²) in [6.07, 6.45) is -4.15. The minimum absolute atomic E-state index is 0.0114. The van der Waals surface area contributed by atoms with Crippen molar-refractivity contribution >= 4 is 23.6 Å². The van der Waals surface area contributed by atoms with Crippen LogP contribution in [0.1, 0.15) is 107 Å². The maximum atomic E-state index is 14.0. The number of aryl methyl sites for hydroxylation is 1. The maximum absolute atomic E-state index is 14.0. The first-order valence-electron chi connectivity index (χ1n) is 24.0. The van der Waals surface area contributed by atoms with Gasteiger partial charge in [-0.3, -0.25) is 24.2 Å². The van der Waals surface area contributed by atoms with E-state index in [4.69, 9.17) is 23.7 Å². The number of carbonyl (C=O) groups excluding carboxylic acids is 4. The van der Waals surface area contributed by atoms with Crippen LogP contribution in [0.3, 0.4) is 0 Å². The lowest BCUT2D eigenvalue weighted by Gasteiger charge is -2.49. The molecule has 0 radical (unpaired) electrons. The highest BCUT2D eigenvalue weighted by Gasteiger charge is 2.53. The van der Waals surface area contributed by atoms with Gasteiger partial charge < -0.3 is 75.2 Å². The van der Waals surface area contributed by atoms with Crippen molar-refractivity contribution in [2.75, 3.05) is 39.4 Å². The Morgan fingerprint density at radius 1 is 0.879 bits per heavy atom. The molecule has 2 aliphatic carbocycles. The number of ether oxygens (including phenoxy) is 5. The van der Waals surface area contributed by atoms with E-state index in [9.17, 15) is 49.8 Å². The fraction of sp³-hybridized carbons (Fsp3) is 0.804. The Balaban J connectivity index is 1.23. The van der Waals surface area contributed by atoms with Crippen molar-refractivity contribution in [3.8, 4) is 0 Å². The SMILES string of the molecule is CCC1C[C@H](C(=O)NCCNC(=O)c2cncc(CCCO)c2)C[C@@H](O[C@@H]2OC(CO)[C@H](O)C(O[C@@H](CC3CCCCC3)C(=O)N3CCC3)C2NC(C)=O)C1O[C@@H]1OC(C)[C@@H](O)C(O)C1O. The van der Waals surface area contributed by atoms with E-state index in [-0.39, 0.29) is 49.8 Å². The molecule has 372 valence electrons. The molecule has 5 aliphatic rings. The number of hydrogen-bond donors (Lipinski definition) is 9. The zero-order chi connectivity index (χ0) is 47.5. The molecule has 20 nitrogen and oxygen atoms in total. The van der Waals surface area contributed by atoms with E-state index < -0.39 is 104 Å². The third-order valence-electron chi connectivity index (χ3n) is 13.9. The van der Waals surface area contributed by atoms with Crippen molar-refractivity contribution in [1.29, 1.82) is 0 Å². The highest BCUT2D eigenvalue weighted by Crippen LogP contribution is 2.40. The van der Waals surface area contributed by atoms with Crippen molar-refractivity contribution < 1.29 is 73.5 Å². The second-order valence-corrected chi connectivity index (χ2v) is 18.7. The second-order valence-electron chi connectivity index (χ2n) is 18.7. The number of hydrogen-bond acceptors (Lipinski definition) is 16. The second kappa shape index (κ2) is 24.7. The number of pyridine rings is 1. The Hall–Kier alpha value is -3.41. The lowest BCUT2D eigenvalue weighted by atomic mass is 9.75. The summed E-state index contributed by atoms with van der Waals surface area (Å²) in [6.45, 7) is 5.40. The van der Waals surface area contributed by atoms with Crippen LogP contribution >= 0.6 is 0 Å². The van der Waals surface area contributed by atoms with Crippen LogP contribution in [0.4, 0.5) is 0 Å². The molecule has 1 aromatic rings. The largest absolute Gasteiger partial charge is 0.396 e. The van der Waals surface area contributed by atoms with E-state index in [2.05, 4.69) is 20.9 Å². The number of aromatic nitrogens is 1. The van der Waals surface area contributed by atoms with Crippen LogP contribution in [0.25, 0.3) is 0 Å². The predicted molar refractivity (Wildman–Crippen MR) is 234 cm³/mol. The summed E-state index contributed by atoms with van der Waals surface area (Å²) in [4.78, 5) is 59.7. The van der Waals surface area contributed by atoms with Crippen molar-refractivity contribution in [1.82, 2.24) is 25.8 Å². The van der Waals surface area contributed by atoms with Gasteiger partial charge >= 0.3 is 0 Å². The Kier molecular flexibility index (Phi) is 19.5. The maximum Gasteiger partial charge on any atom is 0.252 e. The molecule has 3 aliphatic heterocycles. The number of amides is 4. The highest BCUT2D eigenvalue weighted by molar-refractivity contribution is 5.94. The summed E-state index contributed by atoms with van der Waals surface area (Å²) in [7, 11) is 0. The van der Waals surface area contributed by atoms with Gasteiger partial charge in [0.05, 0.1) is 30.5 Å². The fourth-order valence-electron chi connectivity index (χ4n) is 9.96. The van der Waals surface area contributed by atoms with Crippen LogP contribution in [-0.4, -0.2) is 183 Å². The van der Waals surface area contributed by atoms with Gasteiger partial charge in [0.15, 0.2) is 12.6 Å². The first-order chi connectivity index (χ1) is 31.7. The smallest absolute Gasteiger partial charge is 0.252 e. The molecular weight excluding hydrogens is 863 g/mol. The molecule has 4 amide bonds. The average molecular weight is 936 g/mol. The number of carbonyl (C=O) groups is 4. The zero-order valence-corrected chi connectivity index (χ0v) is 38.4. The number of likely N-dealkylation sites (tertiary alicyclic amines) is 1. The number of aliphatic hydroxyl groups excluding tert-OH is 6. The summed E-state index contributed by atoms with van der Waals surface area (Å²) in [6, 6.07) is 0.479. The van der Waals surface area contributed by atoms with Gasteiger partial charge in [0.25, 0.3) is 11.8 Å². The minimum Gasteiger partial charge on any atom is -0.396 e. The summed E-state index contributed by atoms with van der Waals surface area (Å²) in [5.41, 5.74) is 1.15. The quantitative estimate of drug-likeness (QED) is 0.0740. The Labute approximate surface area is 386 Å². The van der Waals surface area contributed by atoms with Gasteiger partial charge in [-0.2, -0.15) is 0 Å². The topological polar surface area (TPSA) is 288 Å². The van der Waals surface area contributed by atoms with E-state index in [1.54, 1.807) is 17.2 Å². The van der Waals surface area contributed by atoms with Crippen molar-refractivity contribution in [3.63, 3.8) is 0 Å². The Morgan fingerprint density at radius 3 is 2.29 bits per heavy atom. The van der Waals surface area contributed by atoms with Crippen LogP contribution in [0, 0.1) is 17.8 Å². The molecule has 0 bridgehead atoms. The number of nitrogens with one attached hydrogen (secondary N) is 3. The van der Waals surface area contributed by atoms with E-state index in [1.165, 1.54) is 20.0 Å². The zero-order valence-electron chi connectivity index (χ0n) is 38.4. The van der Waals surface area contributed by atoms with Gasteiger partial charge in [-0.15, -0.1) is 0 Å². The summed E-state index contributed by atoms with van der Waals surface area (Å²) in [5, 5.41) is 72.2. The molecule has 1 aromatic heterocycles. The minimum atomic E-state index is -1.65. The average Bonchev–Trinajstić information content (AvgIpc) is 3.29. The van der Waals surface area contributed by atoms with E-state index in [0.717, 1.165) is 44.1 Å². The first-order valence-corrected chi connectivity index (χ1v) is 24.0. The van der Waals surface area contributed by atoms with E-state index in [1.807, 2.05) is 6.92 Å². The molecule has 5 fully saturated rings. The van der Waals surface area contributed by atoms with Crippen LogP contribution in [-0.2, 0) is 44.5 Å². The van der Waals surface area contributed by atoms with Gasteiger partial charge in [0.2, 0.25) is 11.8 Å².